The quantitative estimate of drug-likeness (QED) is 0.844. The summed E-state index contributed by atoms with van der Waals surface area (Å²) in [6, 6.07) is 3.49. The van der Waals surface area contributed by atoms with Crippen molar-refractivity contribution >= 4 is 39.1 Å². The predicted molar refractivity (Wildman–Crippen MR) is 66.1 cm³/mol. The van der Waals surface area contributed by atoms with Gasteiger partial charge in [0.2, 0.25) is 0 Å². The zero-order valence-electron chi connectivity index (χ0n) is 7.90. The summed E-state index contributed by atoms with van der Waals surface area (Å²) < 4.78 is 6.53. The van der Waals surface area contributed by atoms with E-state index in [9.17, 15) is 0 Å². The van der Waals surface area contributed by atoms with Gasteiger partial charge in [-0.1, -0.05) is 23.2 Å². The van der Waals surface area contributed by atoms with E-state index in [0.29, 0.717) is 15.8 Å². The molecule has 1 saturated heterocycles. The van der Waals surface area contributed by atoms with Crippen molar-refractivity contribution in [3.05, 3.63) is 26.7 Å². The van der Waals surface area contributed by atoms with Gasteiger partial charge in [0.05, 0.1) is 10.0 Å². The SMILES string of the molecule is Clc1cc(O[C@@H]2CCNC2)c(Cl)cc1Br. The Balaban J connectivity index is 2.16. The first-order valence-corrected chi connectivity index (χ1v) is 6.23. The maximum absolute atomic E-state index is 6.05. The Morgan fingerprint density at radius 1 is 1.33 bits per heavy atom. The first kappa shape index (κ1) is 11.5. The van der Waals surface area contributed by atoms with Gasteiger partial charge in [0.15, 0.2) is 0 Å². The number of nitrogens with one attached hydrogen (secondary N) is 1. The zero-order chi connectivity index (χ0) is 10.8. The van der Waals surface area contributed by atoms with Gasteiger partial charge >= 0.3 is 0 Å². The van der Waals surface area contributed by atoms with Gasteiger partial charge < -0.3 is 10.1 Å². The molecule has 0 radical (unpaired) electrons. The summed E-state index contributed by atoms with van der Waals surface area (Å²) in [7, 11) is 0. The first-order chi connectivity index (χ1) is 7.16. The molecular weight excluding hydrogens is 301 g/mol. The molecule has 5 heteroatoms. The van der Waals surface area contributed by atoms with Gasteiger partial charge in [0.25, 0.3) is 0 Å². The standard InChI is InChI=1S/C10H10BrCl2NO/c11-7-3-9(13)10(4-8(7)12)15-6-1-2-14-5-6/h3-4,6,14H,1-2,5H2/t6-/m1/s1. The molecular formula is C10H10BrCl2NO. The molecule has 82 valence electrons. The Hall–Kier alpha value is 0.0400. The molecule has 1 heterocycles. The Morgan fingerprint density at radius 2 is 2.13 bits per heavy atom. The number of rotatable bonds is 2. The second kappa shape index (κ2) is 4.91. The van der Waals surface area contributed by atoms with E-state index in [1.807, 2.05) is 0 Å². The highest BCUT2D eigenvalue weighted by atomic mass is 79.9. The lowest BCUT2D eigenvalue weighted by molar-refractivity contribution is 0.223. The second-order valence-corrected chi connectivity index (χ2v) is 5.10. The molecule has 1 aliphatic heterocycles. The van der Waals surface area contributed by atoms with Crippen molar-refractivity contribution in [3.63, 3.8) is 0 Å². The van der Waals surface area contributed by atoms with Crippen LogP contribution in [-0.2, 0) is 0 Å². The number of halogens is 3. The van der Waals surface area contributed by atoms with E-state index < -0.39 is 0 Å². The van der Waals surface area contributed by atoms with Gasteiger partial charge in [0.1, 0.15) is 11.9 Å². The van der Waals surface area contributed by atoms with Crippen LogP contribution in [0.5, 0.6) is 5.75 Å². The highest BCUT2D eigenvalue weighted by molar-refractivity contribution is 9.10. The van der Waals surface area contributed by atoms with Crippen molar-refractivity contribution in [1.29, 1.82) is 0 Å². The molecule has 1 aromatic carbocycles. The van der Waals surface area contributed by atoms with E-state index in [2.05, 4.69) is 21.2 Å². The summed E-state index contributed by atoms with van der Waals surface area (Å²) in [5.74, 6) is 0.651. The van der Waals surface area contributed by atoms with Crippen LogP contribution in [0.2, 0.25) is 10.0 Å². The Labute approximate surface area is 107 Å². The zero-order valence-corrected chi connectivity index (χ0v) is 11.0. The molecule has 1 fully saturated rings. The third-order valence-electron chi connectivity index (χ3n) is 2.28. The van der Waals surface area contributed by atoms with Crippen LogP contribution in [0.1, 0.15) is 6.42 Å². The third kappa shape index (κ3) is 2.78. The number of benzene rings is 1. The minimum atomic E-state index is 0.194. The molecule has 2 nitrogen and oxygen atoms in total. The minimum Gasteiger partial charge on any atom is -0.487 e. The molecule has 0 aliphatic carbocycles. The molecule has 15 heavy (non-hydrogen) atoms. The molecule has 1 aliphatic rings. The van der Waals surface area contributed by atoms with Crippen molar-refractivity contribution in [3.8, 4) is 5.75 Å². The van der Waals surface area contributed by atoms with Crippen molar-refractivity contribution in [1.82, 2.24) is 5.32 Å². The van der Waals surface area contributed by atoms with Gasteiger partial charge in [-0.2, -0.15) is 0 Å². The number of hydrogen-bond donors (Lipinski definition) is 1. The fraction of sp³-hybridized carbons (Fsp3) is 0.400. The van der Waals surface area contributed by atoms with Crippen molar-refractivity contribution in [2.75, 3.05) is 13.1 Å². The van der Waals surface area contributed by atoms with Crippen molar-refractivity contribution in [2.24, 2.45) is 0 Å². The summed E-state index contributed by atoms with van der Waals surface area (Å²) in [5.41, 5.74) is 0. The summed E-state index contributed by atoms with van der Waals surface area (Å²) in [4.78, 5) is 0. The largest absolute Gasteiger partial charge is 0.487 e. The van der Waals surface area contributed by atoms with Crippen LogP contribution in [0.15, 0.2) is 16.6 Å². The van der Waals surface area contributed by atoms with Crippen LogP contribution in [0.4, 0.5) is 0 Å². The van der Waals surface area contributed by atoms with Crippen molar-refractivity contribution in [2.45, 2.75) is 12.5 Å². The second-order valence-electron chi connectivity index (χ2n) is 3.43. The molecule has 2 rings (SSSR count). The average molecular weight is 311 g/mol. The normalized spacial score (nSPS) is 20.6. The van der Waals surface area contributed by atoms with Crippen LogP contribution in [0.25, 0.3) is 0 Å². The predicted octanol–water partition coefficient (Wildman–Crippen LogP) is 3.50. The van der Waals surface area contributed by atoms with E-state index in [1.54, 1.807) is 12.1 Å². The lowest BCUT2D eigenvalue weighted by Gasteiger charge is -2.14. The van der Waals surface area contributed by atoms with E-state index in [1.165, 1.54) is 0 Å². The van der Waals surface area contributed by atoms with Crippen molar-refractivity contribution < 1.29 is 4.74 Å². The molecule has 1 atom stereocenters. The maximum atomic E-state index is 6.05. The van der Waals surface area contributed by atoms with Gasteiger partial charge in [-0.05, 0) is 35.0 Å². The monoisotopic (exact) mass is 309 g/mol. The molecule has 1 aromatic rings. The first-order valence-electron chi connectivity index (χ1n) is 4.69. The number of hydrogen-bond acceptors (Lipinski definition) is 2. The summed E-state index contributed by atoms with van der Waals surface area (Å²) in [6.07, 6.45) is 1.20. The smallest absolute Gasteiger partial charge is 0.139 e. The maximum Gasteiger partial charge on any atom is 0.139 e. The number of ether oxygens (including phenoxy) is 1. The minimum absolute atomic E-state index is 0.194. The molecule has 0 unspecified atom stereocenters. The molecule has 0 aromatic heterocycles. The topological polar surface area (TPSA) is 21.3 Å². The van der Waals surface area contributed by atoms with Crippen LogP contribution in [0, 0.1) is 0 Å². The highest BCUT2D eigenvalue weighted by Gasteiger charge is 2.17. The van der Waals surface area contributed by atoms with E-state index in [0.717, 1.165) is 24.0 Å². The van der Waals surface area contributed by atoms with E-state index >= 15 is 0 Å². The lowest BCUT2D eigenvalue weighted by Crippen LogP contribution is -2.19. The third-order valence-corrected chi connectivity index (χ3v) is 3.78. The summed E-state index contributed by atoms with van der Waals surface area (Å²) in [5, 5.41) is 4.42. The molecule has 0 amide bonds. The molecule has 0 saturated carbocycles. The highest BCUT2D eigenvalue weighted by Crippen LogP contribution is 2.34. The van der Waals surface area contributed by atoms with Crippen LogP contribution in [-0.4, -0.2) is 19.2 Å². The molecule has 0 bridgehead atoms. The van der Waals surface area contributed by atoms with Crippen LogP contribution < -0.4 is 10.1 Å². The van der Waals surface area contributed by atoms with Gasteiger partial charge in [0, 0.05) is 17.1 Å². The average Bonchev–Trinajstić information content (AvgIpc) is 2.67. The fourth-order valence-electron chi connectivity index (χ4n) is 1.50. The summed E-state index contributed by atoms with van der Waals surface area (Å²) in [6.45, 7) is 1.86. The lowest BCUT2D eigenvalue weighted by atomic mass is 10.3. The Kier molecular flexibility index (Phi) is 3.78. The fourth-order valence-corrected chi connectivity index (χ4v) is 2.34. The van der Waals surface area contributed by atoms with Gasteiger partial charge in [-0.3, -0.25) is 0 Å². The Bertz CT molecular complexity index is 367. The molecule has 1 N–H and O–H groups in total. The van der Waals surface area contributed by atoms with E-state index in [4.69, 9.17) is 27.9 Å². The molecule has 0 spiro atoms. The van der Waals surface area contributed by atoms with Crippen LogP contribution in [0.3, 0.4) is 0 Å². The summed E-state index contributed by atoms with van der Waals surface area (Å²) >= 11 is 15.3. The van der Waals surface area contributed by atoms with Gasteiger partial charge in [-0.15, -0.1) is 0 Å². The van der Waals surface area contributed by atoms with E-state index in [-0.39, 0.29) is 6.10 Å². The van der Waals surface area contributed by atoms with Gasteiger partial charge in [-0.25, -0.2) is 0 Å². The Morgan fingerprint density at radius 3 is 2.80 bits per heavy atom. The van der Waals surface area contributed by atoms with Crippen LogP contribution >= 0.6 is 39.1 Å².